The van der Waals surface area contributed by atoms with Gasteiger partial charge in [-0.25, -0.2) is 47.1 Å². The Hall–Kier alpha value is -8.78. The van der Waals surface area contributed by atoms with Gasteiger partial charge >= 0.3 is 11.4 Å². The minimum atomic E-state index is -1.02. The standard InChI is InChI=1S/2C20H11F2N7O/c21-13-3-1-2-12(17(13)22)9-28-18-15(26-20(28)30)8-24-19(27-18)29-10-25-14-6-11(7-23)4-5-16(14)29;21-13-3-1-2-12(17(13)22)9-28-18-15(26-20(28)30)8-24-19(27-18)29-10-25-14-5-4-11(7-23)6-16(14)29/h2*1-6,8,10H,9H2,(H,26,30). The first-order chi connectivity index (χ1) is 29.1. The van der Waals surface area contributed by atoms with E-state index in [1.165, 1.54) is 58.4 Å². The smallest absolute Gasteiger partial charge is 0.303 e. The molecule has 20 heteroatoms. The zero-order valence-electron chi connectivity index (χ0n) is 30.3. The van der Waals surface area contributed by atoms with Gasteiger partial charge in [0.2, 0.25) is 11.9 Å². The monoisotopic (exact) mass is 806 g/mol. The number of fused-ring (bicyclic) bond motifs is 4. The van der Waals surface area contributed by atoms with Gasteiger partial charge in [-0.15, -0.1) is 0 Å². The van der Waals surface area contributed by atoms with Gasteiger partial charge in [-0.3, -0.25) is 18.3 Å². The first-order valence-corrected chi connectivity index (χ1v) is 17.6. The molecule has 10 aromatic rings. The van der Waals surface area contributed by atoms with Crippen molar-refractivity contribution in [3.63, 3.8) is 0 Å². The number of hydrogen-bond donors (Lipinski definition) is 2. The van der Waals surface area contributed by atoms with E-state index >= 15 is 0 Å². The van der Waals surface area contributed by atoms with E-state index in [-0.39, 0.29) is 47.4 Å². The molecule has 292 valence electrons. The van der Waals surface area contributed by atoms with Crippen LogP contribution in [0.15, 0.2) is 107 Å². The molecular weight excluding hydrogens is 785 g/mol. The summed E-state index contributed by atoms with van der Waals surface area (Å²) in [6, 6.07) is 21.7. The molecule has 0 fully saturated rings. The number of halogens is 4. The van der Waals surface area contributed by atoms with Crippen LogP contribution >= 0.6 is 0 Å². The van der Waals surface area contributed by atoms with Gasteiger partial charge in [0.05, 0.1) is 70.8 Å². The molecule has 10 rings (SSSR count). The third-order valence-corrected chi connectivity index (χ3v) is 9.50. The lowest BCUT2D eigenvalue weighted by Gasteiger charge is -2.07. The highest BCUT2D eigenvalue weighted by Crippen LogP contribution is 2.22. The maximum Gasteiger partial charge on any atom is 0.328 e. The second-order valence-electron chi connectivity index (χ2n) is 13.1. The van der Waals surface area contributed by atoms with E-state index < -0.39 is 34.6 Å². The average molecular weight is 807 g/mol. The van der Waals surface area contributed by atoms with E-state index in [0.29, 0.717) is 44.2 Å². The Labute approximate surface area is 331 Å². The van der Waals surface area contributed by atoms with Crippen LogP contribution in [0.4, 0.5) is 17.6 Å². The van der Waals surface area contributed by atoms with Crippen molar-refractivity contribution in [2.45, 2.75) is 13.1 Å². The Morgan fingerprint density at radius 1 is 0.583 bits per heavy atom. The molecule has 0 radical (unpaired) electrons. The van der Waals surface area contributed by atoms with Gasteiger partial charge in [-0.05, 0) is 48.5 Å². The van der Waals surface area contributed by atoms with Crippen LogP contribution in [0.25, 0.3) is 56.3 Å². The van der Waals surface area contributed by atoms with Gasteiger partial charge in [0.25, 0.3) is 0 Å². The van der Waals surface area contributed by atoms with Crippen molar-refractivity contribution in [3.8, 4) is 24.0 Å². The minimum Gasteiger partial charge on any atom is -0.303 e. The van der Waals surface area contributed by atoms with Crippen LogP contribution in [0.1, 0.15) is 22.3 Å². The van der Waals surface area contributed by atoms with E-state index in [9.17, 15) is 27.2 Å². The second-order valence-corrected chi connectivity index (χ2v) is 13.1. The fourth-order valence-corrected chi connectivity index (χ4v) is 6.56. The van der Waals surface area contributed by atoms with Crippen molar-refractivity contribution in [1.82, 2.24) is 58.1 Å². The molecule has 4 aromatic carbocycles. The zero-order chi connectivity index (χ0) is 41.7. The van der Waals surface area contributed by atoms with Crippen LogP contribution in [-0.2, 0) is 13.1 Å². The predicted molar refractivity (Wildman–Crippen MR) is 206 cm³/mol. The van der Waals surface area contributed by atoms with E-state index in [0.717, 1.165) is 12.1 Å². The maximum atomic E-state index is 14.1. The lowest BCUT2D eigenvalue weighted by Crippen LogP contribution is -2.18. The Morgan fingerprint density at radius 3 is 1.63 bits per heavy atom. The van der Waals surface area contributed by atoms with Crippen molar-refractivity contribution >= 4 is 44.4 Å². The first-order valence-electron chi connectivity index (χ1n) is 17.6. The Morgan fingerprint density at radius 2 is 1.08 bits per heavy atom. The number of nitrogens with one attached hydrogen (secondary N) is 2. The van der Waals surface area contributed by atoms with Crippen molar-refractivity contribution in [2.24, 2.45) is 0 Å². The van der Waals surface area contributed by atoms with Crippen LogP contribution in [0.3, 0.4) is 0 Å². The number of aromatic amines is 2. The highest BCUT2D eigenvalue weighted by atomic mass is 19.2. The largest absolute Gasteiger partial charge is 0.328 e. The molecule has 0 saturated heterocycles. The molecule has 0 aliphatic heterocycles. The zero-order valence-corrected chi connectivity index (χ0v) is 30.3. The molecule has 60 heavy (non-hydrogen) atoms. The van der Waals surface area contributed by atoms with Crippen molar-refractivity contribution < 1.29 is 17.6 Å². The number of nitriles is 2. The lowest BCUT2D eigenvalue weighted by atomic mass is 10.2. The molecule has 6 heterocycles. The number of imidazole rings is 4. The predicted octanol–water partition coefficient (Wildman–Crippen LogP) is 5.31. The van der Waals surface area contributed by atoms with Crippen molar-refractivity contribution in [3.05, 3.63) is 164 Å². The summed E-state index contributed by atoms with van der Waals surface area (Å²) in [7, 11) is 0. The molecule has 0 spiro atoms. The van der Waals surface area contributed by atoms with Gasteiger partial charge < -0.3 is 9.97 Å². The van der Waals surface area contributed by atoms with Crippen molar-refractivity contribution in [1.29, 1.82) is 10.5 Å². The van der Waals surface area contributed by atoms with E-state index in [1.807, 2.05) is 0 Å². The summed E-state index contributed by atoms with van der Waals surface area (Å²) < 4.78 is 60.9. The number of rotatable bonds is 6. The fraction of sp³-hybridized carbons (Fsp3) is 0.0500. The fourth-order valence-electron chi connectivity index (χ4n) is 6.56. The third kappa shape index (κ3) is 6.45. The molecule has 0 amide bonds. The topological polar surface area (TPSA) is 210 Å². The van der Waals surface area contributed by atoms with Crippen LogP contribution < -0.4 is 11.4 Å². The summed E-state index contributed by atoms with van der Waals surface area (Å²) >= 11 is 0. The quantitative estimate of drug-likeness (QED) is 0.207. The minimum absolute atomic E-state index is 0.0184. The molecule has 0 aliphatic carbocycles. The molecule has 0 saturated carbocycles. The van der Waals surface area contributed by atoms with Gasteiger partial charge in [-0.2, -0.15) is 20.5 Å². The SMILES string of the molecule is N#Cc1ccc2c(c1)ncn2-c1ncc2[nH]c(=O)n(Cc3cccc(F)c3F)c2n1.N#Cc1ccc2ncn(-c3ncc4[nH]c(=O)n(Cc5cccc(F)c5F)c4n3)c2c1. The molecule has 0 unspecified atom stereocenters. The number of H-pyrrole nitrogens is 2. The van der Waals surface area contributed by atoms with E-state index in [4.69, 9.17) is 10.5 Å². The highest BCUT2D eigenvalue weighted by Gasteiger charge is 2.18. The molecule has 16 nitrogen and oxygen atoms in total. The van der Waals surface area contributed by atoms with Gasteiger partial charge in [0, 0.05) is 11.1 Å². The molecule has 0 atom stereocenters. The Kier molecular flexibility index (Phi) is 8.98. The molecular formula is C40H22F4N14O2. The second kappa shape index (κ2) is 14.6. The Balaban J connectivity index is 0.000000154. The van der Waals surface area contributed by atoms with Gasteiger partial charge in [-0.1, -0.05) is 24.3 Å². The summed E-state index contributed by atoms with van der Waals surface area (Å²) in [6.07, 6.45) is 5.88. The van der Waals surface area contributed by atoms with Gasteiger partial charge in [0.1, 0.15) is 23.7 Å². The number of aromatic nitrogens is 12. The van der Waals surface area contributed by atoms with Crippen LogP contribution in [0, 0.1) is 45.9 Å². The van der Waals surface area contributed by atoms with Gasteiger partial charge in [0.15, 0.2) is 34.6 Å². The number of benzene rings is 4. The molecule has 0 aliphatic rings. The summed E-state index contributed by atoms with van der Waals surface area (Å²) in [5, 5.41) is 18.2. The van der Waals surface area contributed by atoms with Crippen LogP contribution in [0.2, 0.25) is 0 Å². The van der Waals surface area contributed by atoms with Crippen LogP contribution in [0.5, 0.6) is 0 Å². The molecule has 0 bridgehead atoms. The van der Waals surface area contributed by atoms with E-state index in [2.05, 4.69) is 52.0 Å². The lowest BCUT2D eigenvalue weighted by molar-refractivity contribution is 0.495. The number of hydrogen-bond acceptors (Lipinski definition) is 10. The van der Waals surface area contributed by atoms with Crippen molar-refractivity contribution in [2.75, 3.05) is 0 Å². The molecule has 2 N–H and O–H groups in total. The summed E-state index contributed by atoms with van der Waals surface area (Å²) in [5.41, 5.74) is 3.62. The summed E-state index contributed by atoms with van der Waals surface area (Å²) in [5.74, 6) is -3.56. The highest BCUT2D eigenvalue weighted by molar-refractivity contribution is 5.80. The summed E-state index contributed by atoms with van der Waals surface area (Å²) in [6.45, 7) is -0.406. The maximum absolute atomic E-state index is 14.1. The first kappa shape index (κ1) is 36.8. The normalized spacial score (nSPS) is 11.2. The Bertz CT molecular complexity index is 3550. The van der Waals surface area contributed by atoms with E-state index in [1.54, 1.807) is 45.5 Å². The third-order valence-electron chi connectivity index (χ3n) is 9.50. The van der Waals surface area contributed by atoms with Crippen LogP contribution in [-0.4, -0.2) is 58.1 Å². The number of nitrogens with zero attached hydrogens (tertiary/aromatic N) is 12. The summed E-state index contributed by atoms with van der Waals surface area (Å²) in [4.78, 5) is 56.0. The average Bonchev–Trinajstić information content (AvgIpc) is 4.03. The molecule has 6 aromatic heterocycles.